The van der Waals surface area contributed by atoms with Gasteiger partial charge in [0.05, 0.1) is 6.20 Å². The van der Waals surface area contributed by atoms with Crippen LogP contribution in [-0.2, 0) is 6.42 Å². The van der Waals surface area contributed by atoms with Gasteiger partial charge in [-0.3, -0.25) is 0 Å². The highest BCUT2D eigenvalue weighted by Gasteiger charge is 2.06. The highest BCUT2D eigenvalue weighted by atomic mass is 19.2. The lowest BCUT2D eigenvalue weighted by Gasteiger charge is -1.85. The molecular weight excluding hydrogens is 126 g/mol. The van der Waals surface area contributed by atoms with Gasteiger partial charge in [0.2, 0.25) is 5.95 Å². The minimum absolute atomic E-state index is 0.265. The molecule has 1 rings (SSSR count). The summed E-state index contributed by atoms with van der Waals surface area (Å²) in [6, 6.07) is 0. The molecule has 0 fully saturated rings. The summed E-state index contributed by atoms with van der Waals surface area (Å²) in [7, 11) is 0. The van der Waals surface area contributed by atoms with Gasteiger partial charge >= 0.3 is 0 Å². The highest BCUT2D eigenvalue weighted by molar-refractivity contribution is 5.04. The summed E-state index contributed by atoms with van der Waals surface area (Å²) < 4.78 is 24.2. The molecule has 0 aliphatic rings. The first-order chi connectivity index (χ1) is 4.25. The normalized spacial score (nSPS) is 10.1. The lowest BCUT2D eigenvalue weighted by Crippen LogP contribution is -1.89. The Bertz CT molecular complexity index is 207. The molecule has 50 valence electrons. The number of aryl methyl sites for hydroxylation is 1. The zero-order valence-corrected chi connectivity index (χ0v) is 4.93. The molecule has 0 atom stereocenters. The molecule has 0 radical (unpaired) electrons. The molecule has 1 heterocycles. The maximum atomic E-state index is 12.3. The SMILES string of the molecule is CCc1cnn(F)c1F. The van der Waals surface area contributed by atoms with Crippen LogP contribution in [0.15, 0.2) is 6.20 Å². The summed E-state index contributed by atoms with van der Waals surface area (Å²) in [6.45, 7) is 1.74. The van der Waals surface area contributed by atoms with Crippen molar-refractivity contribution in [2.45, 2.75) is 13.3 Å². The lowest BCUT2D eigenvalue weighted by molar-refractivity contribution is 0.253. The smallest absolute Gasteiger partial charge is 0.182 e. The van der Waals surface area contributed by atoms with Crippen LogP contribution < -0.4 is 0 Å². The molecule has 4 heteroatoms. The van der Waals surface area contributed by atoms with Gasteiger partial charge in [0.15, 0.2) is 0 Å². The molecule has 0 saturated carbocycles. The van der Waals surface area contributed by atoms with Crippen molar-refractivity contribution in [1.29, 1.82) is 0 Å². The fourth-order valence-electron chi connectivity index (χ4n) is 0.580. The first-order valence-electron chi connectivity index (χ1n) is 2.64. The van der Waals surface area contributed by atoms with Crippen LogP contribution in [0.25, 0.3) is 0 Å². The quantitative estimate of drug-likeness (QED) is 0.563. The van der Waals surface area contributed by atoms with Crippen molar-refractivity contribution in [1.82, 2.24) is 10.0 Å². The Kier molecular flexibility index (Phi) is 1.46. The largest absolute Gasteiger partial charge is 0.247 e. The molecule has 2 nitrogen and oxygen atoms in total. The summed E-state index contributed by atoms with van der Waals surface area (Å²) in [5, 5.41) is 3.06. The molecule has 0 amide bonds. The first kappa shape index (κ1) is 6.19. The van der Waals surface area contributed by atoms with Crippen molar-refractivity contribution in [2.75, 3.05) is 0 Å². The molecule has 1 aromatic heterocycles. The van der Waals surface area contributed by atoms with E-state index in [9.17, 15) is 8.87 Å². The molecule has 0 aliphatic heterocycles. The zero-order chi connectivity index (χ0) is 6.85. The van der Waals surface area contributed by atoms with Crippen molar-refractivity contribution in [3.63, 3.8) is 0 Å². The Morgan fingerprint density at radius 3 is 2.67 bits per heavy atom. The third-order valence-electron chi connectivity index (χ3n) is 1.12. The molecule has 1 aromatic rings. The van der Waals surface area contributed by atoms with E-state index in [4.69, 9.17) is 0 Å². The molecule has 0 bridgehead atoms. The maximum Gasteiger partial charge on any atom is 0.247 e. The van der Waals surface area contributed by atoms with Gasteiger partial charge in [0.25, 0.3) is 0 Å². The fourth-order valence-corrected chi connectivity index (χ4v) is 0.580. The number of hydrogen-bond acceptors (Lipinski definition) is 1. The number of halogens is 2. The Morgan fingerprint density at radius 2 is 2.44 bits per heavy atom. The van der Waals surface area contributed by atoms with Crippen LogP contribution in [0, 0.1) is 5.95 Å². The van der Waals surface area contributed by atoms with Crippen molar-refractivity contribution < 1.29 is 8.87 Å². The second kappa shape index (κ2) is 2.13. The second-order valence-corrected chi connectivity index (χ2v) is 1.67. The van der Waals surface area contributed by atoms with Crippen molar-refractivity contribution in [3.05, 3.63) is 17.7 Å². The molecule has 0 saturated heterocycles. The number of aromatic nitrogens is 2. The predicted molar refractivity (Wildman–Crippen MR) is 28.1 cm³/mol. The van der Waals surface area contributed by atoms with Gasteiger partial charge in [-0.15, -0.1) is 5.10 Å². The van der Waals surface area contributed by atoms with Crippen LogP contribution in [0.5, 0.6) is 0 Å². The van der Waals surface area contributed by atoms with E-state index in [1.54, 1.807) is 6.92 Å². The van der Waals surface area contributed by atoms with Gasteiger partial charge in [-0.05, 0) is 6.42 Å². The lowest BCUT2D eigenvalue weighted by atomic mass is 10.3. The summed E-state index contributed by atoms with van der Waals surface area (Å²) >= 11 is 0. The standard InChI is InChI=1S/C5H6F2N2/c1-2-4-3-8-9(7)5(4)6/h3H,2H2,1H3. The predicted octanol–water partition coefficient (Wildman–Crippen LogP) is 1.32. The average molecular weight is 132 g/mol. The molecule has 9 heavy (non-hydrogen) atoms. The maximum absolute atomic E-state index is 12.3. The number of nitrogens with zero attached hydrogens (tertiary/aromatic N) is 2. The van der Waals surface area contributed by atoms with Crippen LogP contribution in [-0.4, -0.2) is 10.0 Å². The number of rotatable bonds is 1. The van der Waals surface area contributed by atoms with E-state index >= 15 is 0 Å². The van der Waals surface area contributed by atoms with Crippen LogP contribution in [0.1, 0.15) is 12.5 Å². The van der Waals surface area contributed by atoms with E-state index in [2.05, 4.69) is 5.10 Å². The van der Waals surface area contributed by atoms with Crippen LogP contribution >= 0.6 is 0 Å². The van der Waals surface area contributed by atoms with E-state index in [1.165, 1.54) is 6.20 Å². The molecule has 0 aromatic carbocycles. The van der Waals surface area contributed by atoms with Gasteiger partial charge < -0.3 is 0 Å². The molecular formula is C5H6F2N2. The minimum atomic E-state index is -0.891. The minimum Gasteiger partial charge on any atom is -0.182 e. The molecule has 0 spiro atoms. The Labute approximate surface area is 51.0 Å². The monoisotopic (exact) mass is 132 g/mol. The molecule has 0 unspecified atom stereocenters. The van der Waals surface area contributed by atoms with E-state index in [-0.39, 0.29) is 4.90 Å². The van der Waals surface area contributed by atoms with Crippen molar-refractivity contribution in [2.24, 2.45) is 0 Å². The van der Waals surface area contributed by atoms with Gasteiger partial charge in [-0.2, -0.15) is 4.39 Å². The summed E-state index contributed by atoms with van der Waals surface area (Å²) in [5.41, 5.74) is 0.303. The average Bonchev–Trinajstić information content (AvgIpc) is 2.15. The van der Waals surface area contributed by atoms with Crippen LogP contribution in [0.4, 0.5) is 8.87 Å². The van der Waals surface area contributed by atoms with E-state index in [0.717, 1.165) is 0 Å². The van der Waals surface area contributed by atoms with Gasteiger partial charge in [0.1, 0.15) is 0 Å². The topological polar surface area (TPSA) is 17.8 Å². The Hall–Kier alpha value is -0.930. The van der Waals surface area contributed by atoms with Crippen LogP contribution in [0.3, 0.4) is 0 Å². The third kappa shape index (κ3) is 0.918. The Morgan fingerprint density at radius 1 is 1.78 bits per heavy atom. The molecule has 0 N–H and O–H groups in total. The number of hydrogen-bond donors (Lipinski definition) is 0. The van der Waals surface area contributed by atoms with Crippen molar-refractivity contribution in [3.8, 4) is 0 Å². The second-order valence-electron chi connectivity index (χ2n) is 1.67. The van der Waals surface area contributed by atoms with Crippen LogP contribution in [0.2, 0.25) is 0 Å². The van der Waals surface area contributed by atoms with E-state index in [1.807, 2.05) is 0 Å². The fraction of sp³-hybridized carbons (Fsp3) is 0.400. The van der Waals surface area contributed by atoms with Gasteiger partial charge in [-0.25, -0.2) is 0 Å². The Balaban J connectivity index is 3.04. The van der Waals surface area contributed by atoms with E-state index in [0.29, 0.717) is 12.0 Å². The third-order valence-corrected chi connectivity index (χ3v) is 1.12. The summed E-state index contributed by atoms with van der Waals surface area (Å²) in [6.07, 6.45) is 1.64. The van der Waals surface area contributed by atoms with Crippen molar-refractivity contribution >= 4 is 0 Å². The zero-order valence-electron chi connectivity index (χ0n) is 4.93. The molecule has 0 aliphatic carbocycles. The highest BCUT2D eigenvalue weighted by Crippen LogP contribution is 2.05. The van der Waals surface area contributed by atoms with Gasteiger partial charge in [0, 0.05) is 5.56 Å². The summed E-state index contributed by atoms with van der Waals surface area (Å²) in [4.78, 5) is -0.265. The summed E-state index contributed by atoms with van der Waals surface area (Å²) in [5.74, 6) is -0.891. The van der Waals surface area contributed by atoms with Gasteiger partial charge in [-0.1, -0.05) is 16.3 Å². The van der Waals surface area contributed by atoms with E-state index < -0.39 is 5.95 Å². The first-order valence-corrected chi connectivity index (χ1v) is 2.64.